The van der Waals surface area contributed by atoms with E-state index < -0.39 is 0 Å². The molecule has 4 heteroatoms. The fraction of sp³-hybridized carbons (Fsp3) is 0.667. The number of nitrogens with one attached hydrogen (secondary N) is 1. The SMILES string of the molecule is O=C(NCCN1CCC(CO)CC1)[C@H](c1ccccc1)C1CCCC1. The van der Waals surface area contributed by atoms with Crippen molar-refractivity contribution in [2.45, 2.75) is 44.4 Å². The molecule has 0 spiro atoms. The zero-order valence-electron chi connectivity index (χ0n) is 15.2. The van der Waals surface area contributed by atoms with Gasteiger partial charge in [0.15, 0.2) is 0 Å². The summed E-state index contributed by atoms with van der Waals surface area (Å²) in [5.41, 5.74) is 1.16. The fourth-order valence-corrected chi connectivity index (χ4v) is 4.43. The Bertz CT molecular complexity index is 520. The van der Waals surface area contributed by atoms with Crippen molar-refractivity contribution in [3.63, 3.8) is 0 Å². The van der Waals surface area contributed by atoms with Crippen LogP contribution in [0.2, 0.25) is 0 Å². The number of carbonyl (C=O) groups excluding carboxylic acids is 1. The molecule has 1 aliphatic carbocycles. The van der Waals surface area contributed by atoms with Crippen molar-refractivity contribution in [3.8, 4) is 0 Å². The number of carbonyl (C=O) groups is 1. The molecule has 25 heavy (non-hydrogen) atoms. The molecule has 0 aromatic heterocycles. The Balaban J connectivity index is 1.51. The Kier molecular flexibility index (Phi) is 6.88. The monoisotopic (exact) mass is 344 g/mol. The molecule has 2 N–H and O–H groups in total. The van der Waals surface area contributed by atoms with Gasteiger partial charge < -0.3 is 15.3 Å². The van der Waals surface area contributed by atoms with Gasteiger partial charge in [0.2, 0.25) is 5.91 Å². The first kappa shape index (κ1) is 18.4. The van der Waals surface area contributed by atoms with Crippen LogP contribution in [-0.2, 0) is 4.79 Å². The summed E-state index contributed by atoms with van der Waals surface area (Å²) in [5, 5.41) is 12.4. The van der Waals surface area contributed by atoms with Crippen molar-refractivity contribution < 1.29 is 9.90 Å². The van der Waals surface area contributed by atoms with Crippen LogP contribution in [0.4, 0.5) is 0 Å². The zero-order chi connectivity index (χ0) is 17.5. The van der Waals surface area contributed by atoms with E-state index in [-0.39, 0.29) is 11.8 Å². The van der Waals surface area contributed by atoms with Gasteiger partial charge in [-0.05, 0) is 56.2 Å². The van der Waals surface area contributed by atoms with Crippen LogP contribution < -0.4 is 5.32 Å². The number of hydrogen-bond acceptors (Lipinski definition) is 3. The molecule has 1 aliphatic heterocycles. The Morgan fingerprint density at radius 1 is 1.12 bits per heavy atom. The summed E-state index contributed by atoms with van der Waals surface area (Å²) in [6.07, 6.45) is 6.98. The van der Waals surface area contributed by atoms with Crippen LogP contribution in [0, 0.1) is 11.8 Å². The maximum absolute atomic E-state index is 12.9. The van der Waals surface area contributed by atoms with E-state index in [2.05, 4.69) is 22.3 Å². The summed E-state index contributed by atoms with van der Waals surface area (Å²) in [5.74, 6) is 1.16. The second kappa shape index (κ2) is 9.35. The molecule has 138 valence electrons. The third-order valence-corrected chi connectivity index (χ3v) is 6.01. The quantitative estimate of drug-likeness (QED) is 0.800. The van der Waals surface area contributed by atoms with E-state index in [1.165, 1.54) is 25.7 Å². The van der Waals surface area contributed by atoms with Crippen LogP contribution in [0.25, 0.3) is 0 Å². The predicted molar refractivity (Wildman–Crippen MR) is 100 cm³/mol. The second-order valence-electron chi connectivity index (χ2n) is 7.69. The number of aliphatic hydroxyl groups is 1. The van der Waals surface area contributed by atoms with Crippen LogP contribution in [0.3, 0.4) is 0 Å². The summed E-state index contributed by atoms with van der Waals surface area (Å²) in [6, 6.07) is 10.3. The normalized spacial score (nSPS) is 21.3. The topological polar surface area (TPSA) is 52.6 Å². The van der Waals surface area contributed by atoms with Crippen LogP contribution in [0.1, 0.15) is 50.0 Å². The van der Waals surface area contributed by atoms with Crippen molar-refractivity contribution in [3.05, 3.63) is 35.9 Å². The second-order valence-corrected chi connectivity index (χ2v) is 7.69. The van der Waals surface area contributed by atoms with Crippen molar-refractivity contribution in [1.29, 1.82) is 0 Å². The van der Waals surface area contributed by atoms with Crippen LogP contribution >= 0.6 is 0 Å². The van der Waals surface area contributed by atoms with Gasteiger partial charge >= 0.3 is 0 Å². The highest BCUT2D eigenvalue weighted by Crippen LogP contribution is 2.37. The molecule has 0 bridgehead atoms. The van der Waals surface area contributed by atoms with E-state index in [0.717, 1.165) is 44.6 Å². The lowest BCUT2D eigenvalue weighted by Gasteiger charge is -2.31. The Morgan fingerprint density at radius 3 is 2.44 bits per heavy atom. The average Bonchev–Trinajstić information content (AvgIpc) is 3.17. The summed E-state index contributed by atoms with van der Waals surface area (Å²) >= 11 is 0. The minimum absolute atomic E-state index is 0.00354. The molecule has 3 rings (SSSR count). The molecule has 2 aliphatic rings. The van der Waals surface area contributed by atoms with E-state index in [4.69, 9.17) is 0 Å². The zero-order valence-corrected chi connectivity index (χ0v) is 15.2. The van der Waals surface area contributed by atoms with Gasteiger partial charge in [-0.1, -0.05) is 43.2 Å². The summed E-state index contributed by atoms with van der Waals surface area (Å²) in [4.78, 5) is 15.3. The highest BCUT2D eigenvalue weighted by atomic mass is 16.3. The number of piperidine rings is 1. The average molecular weight is 344 g/mol. The van der Waals surface area contributed by atoms with Gasteiger partial charge in [-0.25, -0.2) is 0 Å². The third kappa shape index (κ3) is 5.05. The number of amides is 1. The van der Waals surface area contributed by atoms with Crippen LogP contribution in [-0.4, -0.2) is 48.7 Å². The first-order valence-electron chi connectivity index (χ1n) is 9.94. The molecule has 1 saturated heterocycles. The van der Waals surface area contributed by atoms with Gasteiger partial charge in [0.1, 0.15) is 0 Å². The van der Waals surface area contributed by atoms with Gasteiger partial charge in [-0.2, -0.15) is 0 Å². The molecule has 1 amide bonds. The predicted octanol–water partition coefficient (Wildman–Crippen LogP) is 2.78. The molecule has 1 heterocycles. The molecule has 1 saturated carbocycles. The molecular weight excluding hydrogens is 312 g/mol. The van der Waals surface area contributed by atoms with Crippen molar-refractivity contribution >= 4 is 5.91 Å². The lowest BCUT2D eigenvalue weighted by atomic mass is 9.84. The minimum Gasteiger partial charge on any atom is -0.396 e. The number of benzene rings is 1. The Hall–Kier alpha value is -1.39. The Morgan fingerprint density at radius 2 is 1.80 bits per heavy atom. The largest absolute Gasteiger partial charge is 0.396 e. The maximum Gasteiger partial charge on any atom is 0.227 e. The highest BCUT2D eigenvalue weighted by molar-refractivity contribution is 5.84. The van der Waals surface area contributed by atoms with Crippen molar-refractivity contribution in [2.75, 3.05) is 32.8 Å². The number of likely N-dealkylation sites (tertiary alicyclic amines) is 1. The van der Waals surface area contributed by atoms with Gasteiger partial charge in [-0.3, -0.25) is 4.79 Å². The number of aliphatic hydroxyl groups excluding tert-OH is 1. The minimum atomic E-state index is 0.00354. The lowest BCUT2D eigenvalue weighted by molar-refractivity contribution is -0.123. The van der Waals surface area contributed by atoms with E-state index in [1.807, 2.05) is 18.2 Å². The lowest BCUT2D eigenvalue weighted by Crippen LogP contribution is -2.41. The molecule has 4 nitrogen and oxygen atoms in total. The molecular formula is C21H32N2O2. The number of rotatable bonds is 7. The highest BCUT2D eigenvalue weighted by Gasteiger charge is 2.31. The van der Waals surface area contributed by atoms with Crippen LogP contribution in [0.5, 0.6) is 0 Å². The van der Waals surface area contributed by atoms with E-state index >= 15 is 0 Å². The van der Waals surface area contributed by atoms with E-state index in [9.17, 15) is 9.90 Å². The van der Waals surface area contributed by atoms with Crippen molar-refractivity contribution in [1.82, 2.24) is 10.2 Å². The molecule has 1 aromatic rings. The van der Waals surface area contributed by atoms with E-state index in [0.29, 0.717) is 18.4 Å². The molecule has 2 fully saturated rings. The standard InChI is InChI=1S/C21H32N2O2/c24-16-17-10-13-23(14-11-17)15-12-22-21(25)20(19-8-4-5-9-19)18-6-2-1-3-7-18/h1-3,6-7,17,19-20,24H,4-5,8-16H2,(H,22,25)/t20-/m1/s1. The molecule has 1 aromatic carbocycles. The van der Waals surface area contributed by atoms with Crippen molar-refractivity contribution in [2.24, 2.45) is 11.8 Å². The summed E-state index contributed by atoms with van der Waals surface area (Å²) < 4.78 is 0. The molecule has 1 atom stereocenters. The summed E-state index contributed by atoms with van der Waals surface area (Å²) in [7, 11) is 0. The molecule has 0 unspecified atom stereocenters. The van der Waals surface area contributed by atoms with E-state index in [1.54, 1.807) is 0 Å². The number of nitrogens with zero attached hydrogens (tertiary/aromatic N) is 1. The summed E-state index contributed by atoms with van der Waals surface area (Å²) in [6.45, 7) is 4.01. The third-order valence-electron chi connectivity index (χ3n) is 6.01. The Labute approximate surface area is 151 Å². The van der Waals surface area contributed by atoms with Gasteiger partial charge in [-0.15, -0.1) is 0 Å². The fourth-order valence-electron chi connectivity index (χ4n) is 4.43. The van der Waals surface area contributed by atoms with Crippen LogP contribution in [0.15, 0.2) is 30.3 Å². The first-order chi connectivity index (χ1) is 12.3. The molecule has 0 radical (unpaired) electrons. The van der Waals surface area contributed by atoms with Gasteiger partial charge in [0.25, 0.3) is 0 Å². The smallest absolute Gasteiger partial charge is 0.227 e. The maximum atomic E-state index is 12.9. The number of hydrogen-bond donors (Lipinski definition) is 2. The van der Waals surface area contributed by atoms with Gasteiger partial charge in [0.05, 0.1) is 5.92 Å². The first-order valence-corrected chi connectivity index (χ1v) is 9.94. The van der Waals surface area contributed by atoms with Gasteiger partial charge in [0, 0.05) is 19.7 Å².